The molecule has 0 unspecified atom stereocenters. The zero-order chi connectivity index (χ0) is 34.4. The van der Waals surface area contributed by atoms with Crippen molar-refractivity contribution in [3.8, 4) is 56.4 Å². The van der Waals surface area contributed by atoms with Crippen LogP contribution in [0.5, 0.6) is 0 Å². The van der Waals surface area contributed by atoms with E-state index in [0.29, 0.717) is 17.5 Å². The van der Waals surface area contributed by atoms with Gasteiger partial charge in [-0.2, -0.15) is 0 Å². The van der Waals surface area contributed by atoms with Crippen LogP contribution in [0.4, 0.5) is 0 Å². The number of hydrogen-bond donors (Lipinski definition) is 0. The predicted octanol–water partition coefficient (Wildman–Crippen LogP) is 12.8. The minimum absolute atomic E-state index is 0.643. The Kier molecular flexibility index (Phi) is 7.14. The minimum Gasteiger partial charge on any atom is -0.208 e. The maximum Gasteiger partial charge on any atom is 0.165 e. The number of nitrogens with zero attached hydrogens (tertiary/aromatic N) is 3. The van der Waals surface area contributed by atoms with E-state index in [4.69, 9.17) is 15.0 Å². The van der Waals surface area contributed by atoms with Crippen molar-refractivity contribution >= 4 is 43.1 Å². The third kappa shape index (κ3) is 5.10. The molecule has 1 aromatic heterocycles. The maximum atomic E-state index is 5.29. The fourth-order valence-electron chi connectivity index (χ4n) is 7.60. The lowest BCUT2D eigenvalue weighted by Crippen LogP contribution is -2.02. The van der Waals surface area contributed by atoms with E-state index in [1.54, 1.807) is 0 Å². The van der Waals surface area contributed by atoms with Crippen LogP contribution in [0.3, 0.4) is 0 Å². The first kappa shape index (κ1) is 29.9. The molecule has 52 heavy (non-hydrogen) atoms. The Labute approximate surface area is 301 Å². The predicted molar refractivity (Wildman–Crippen MR) is 217 cm³/mol. The van der Waals surface area contributed by atoms with Crippen LogP contribution in [-0.2, 0) is 0 Å². The normalized spacial score (nSPS) is 11.5. The fraction of sp³-hybridized carbons (Fsp3) is 0. The van der Waals surface area contributed by atoms with Crippen molar-refractivity contribution < 1.29 is 0 Å². The van der Waals surface area contributed by atoms with Gasteiger partial charge in [-0.25, -0.2) is 15.0 Å². The van der Waals surface area contributed by atoms with Gasteiger partial charge in [0.15, 0.2) is 17.5 Å². The highest BCUT2D eigenvalue weighted by Crippen LogP contribution is 2.44. The Hall–Kier alpha value is -6.97. The SMILES string of the molecule is c1ccc(-c2nc(-c3ccccc3)nc(-c3c(-c4ccc(-c5ccc6ccccc6c5)cc4)ccc4c5ccccc5c5ccccc5c34)n2)cc1. The third-order valence-electron chi connectivity index (χ3n) is 10.1. The molecule has 0 radical (unpaired) electrons. The molecule has 0 N–H and O–H groups in total. The Morgan fingerprint density at radius 1 is 0.269 bits per heavy atom. The Morgan fingerprint density at radius 3 is 1.37 bits per heavy atom. The largest absolute Gasteiger partial charge is 0.208 e. The molecule has 0 amide bonds. The fourth-order valence-corrected chi connectivity index (χ4v) is 7.60. The van der Waals surface area contributed by atoms with E-state index in [1.165, 1.54) is 48.8 Å². The molecule has 0 bridgehead atoms. The van der Waals surface area contributed by atoms with Crippen molar-refractivity contribution in [2.24, 2.45) is 0 Å². The second kappa shape index (κ2) is 12.4. The summed E-state index contributed by atoms with van der Waals surface area (Å²) in [6, 6.07) is 66.4. The van der Waals surface area contributed by atoms with Gasteiger partial charge in [0.1, 0.15) is 0 Å². The van der Waals surface area contributed by atoms with Crippen molar-refractivity contribution in [1.29, 1.82) is 0 Å². The van der Waals surface area contributed by atoms with Gasteiger partial charge in [0.05, 0.1) is 0 Å². The smallest absolute Gasteiger partial charge is 0.165 e. The first-order valence-corrected chi connectivity index (χ1v) is 17.6. The summed E-state index contributed by atoms with van der Waals surface area (Å²) in [4.78, 5) is 15.6. The lowest BCUT2D eigenvalue weighted by Gasteiger charge is -2.18. The van der Waals surface area contributed by atoms with Crippen LogP contribution in [0.1, 0.15) is 0 Å². The summed E-state index contributed by atoms with van der Waals surface area (Å²) in [5.74, 6) is 1.93. The van der Waals surface area contributed by atoms with Crippen molar-refractivity contribution in [1.82, 2.24) is 15.0 Å². The number of benzene rings is 9. The average Bonchev–Trinajstić information content (AvgIpc) is 3.23. The monoisotopic (exact) mass is 661 g/mol. The zero-order valence-electron chi connectivity index (χ0n) is 28.2. The van der Waals surface area contributed by atoms with Gasteiger partial charge in [-0.3, -0.25) is 0 Å². The van der Waals surface area contributed by atoms with E-state index < -0.39 is 0 Å². The van der Waals surface area contributed by atoms with E-state index >= 15 is 0 Å². The van der Waals surface area contributed by atoms with Crippen molar-refractivity contribution in [3.05, 3.63) is 188 Å². The summed E-state index contributed by atoms with van der Waals surface area (Å²) in [7, 11) is 0. The lowest BCUT2D eigenvalue weighted by atomic mass is 9.87. The van der Waals surface area contributed by atoms with Gasteiger partial charge in [-0.15, -0.1) is 0 Å². The van der Waals surface area contributed by atoms with Gasteiger partial charge < -0.3 is 0 Å². The summed E-state index contributed by atoms with van der Waals surface area (Å²) >= 11 is 0. The highest BCUT2D eigenvalue weighted by Gasteiger charge is 2.21. The Morgan fingerprint density at radius 2 is 0.731 bits per heavy atom. The molecule has 0 saturated carbocycles. The van der Waals surface area contributed by atoms with Gasteiger partial charge in [0, 0.05) is 22.1 Å². The summed E-state index contributed by atoms with van der Waals surface area (Å²) in [6.07, 6.45) is 0. The van der Waals surface area contributed by atoms with Crippen molar-refractivity contribution in [2.75, 3.05) is 0 Å². The molecule has 0 aliphatic carbocycles. The molecule has 0 atom stereocenters. The van der Waals surface area contributed by atoms with Gasteiger partial charge >= 0.3 is 0 Å². The zero-order valence-corrected chi connectivity index (χ0v) is 28.2. The Bertz CT molecular complexity index is 2840. The summed E-state index contributed by atoms with van der Waals surface area (Å²) in [5, 5.41) is 9.59. The highest BCUT2D eigenvalue weighted by atomic mass is 15.0. The molecule has 10 rings (SSSR count). The first-order chi connectivity index (χ1) is 25.8. The molecule has 0 aliphatic rings. The molecule has 242 valence electrons. The molecule has 0 aliphatic heterocycles. The molecule has 1 heterocycles. The highest BCUT2D eigenvalue weighted by molar-refractivity contribution is 6.29. The topological polar surface area (TPSA) is 38.7 Å². The number of rotatable bonds is 5. The van der Waals surface area contributed by atoms with Crippen LogP contribution in [0.15, 0.2) is 188 Å². The number of fused-ring (bicyclic) bond motifs is 7. The van der Waals surface area contributed by atoms with Crippen LogP contribution in [0, 0.1) is 0 Å². The first-order valence-electron chi connectivity index (χ1n) is 17.6. The molecule has 9 aromatic carbocycles. The van der Waals surface area contributed by atoms with Gasteiger partial charge in [-0.05, 0) is 66.0 Å². The van der Waals surface area contributed by atoms with Crippen LogP contribution >= 0.6 is 0 Å². The van der Waals surface area contributed by atoms with E-state index in [-0.39, 0.29) is 0 Å². The van der Waals surface area contributed by atoms with E-state index in [9.17, 15) is 0 Å². The van der Waals surface area contributed by atoms with Gasteiger partial charge in [0.25, 0.3) is 0 Å². The van der Waals surface area contributed by atoms with E-state index in [1.807, 2.05) is 36.4 Å². The second-order valence-corrected chi connectivity index (χ2v) is 13.2. The molecule has 3 nitrogen and oxygen atoms in total. The average molecular weight is 662 g/mol. The standard InChI is InChI=1S/C49H31N3/c1-3-14-35(15-4-1)47-50-48(36-16-5-2-6-17-36)52-49(51-47)46-39(34-26-23-33(24-27-34)38-28-25-32-13-7-8-18-37(32)31-38)29-30-44-42-21-10-9-19-40(42)41-20-11-12-22-43(41)45(44)46/h1-31H. The molecule has 10 aromatic rings. The quantitative estimate of drug-likeness (QED) is 0.172. The third-order valence-corrected chi connectivity index (χ3v) is 10.1. The maximum absolute atomic E-state index is 5.29. The summed E-state index contributed by atoms with van der Waals surface area (Å²) in [6.45, 7) is 0. The summed E-state index contributed by atoms with van der Waals surface area (Å²) < 4.78 is 0. The van der Waals surface area contributed by atoms with Gasteiger partial charge in [0.2, 0.25) is 0 Å². The lowest BCUT2D eigenvalue weighted by molar-refractivity contribution is 1.08. The van der Waals surface area contributed by atoms with E-state index in [0.717, 1.165) is 33.2 Å². The van der Waals surface area contributed by atoms with Gasteiger partial charge in [-0.1, -0.05) is 182 Å². The van der Waals surface area contributed by atoms with E-state index in [2.05, 4.69) is 152 Å². The number of aromatic nitrogens is 3. The Balaban J connectivity index is 1.27. The van der Waals surface area contributed by atoms with Crippen LogP contribution in [0.2, 0.25) is 0 Å². The van der Waals surface area contributed by atoms with Crippen molar-refractivity contribution in [3.63, 3.8) is 0 Å². The van der Waals surface area contributed by atoms with Crippen molar-refractivity contribution in [2.45, 2.75) is 0 Å². The van der Waals surface area contributed by atoms with Crippen LogP contribution in [-0.4, -0.2) is 15.0 Å². The molecule has 0 spiro atoms. The molecule has 0 saturated heterocycles. The summed E-state index contributed by atoms with van der Waals surface area (Å²) in [5.41, 5.74) is 7.42. The number of hydrogen-bond acceptors (Lipinski definition) is 3. The second-order valence-electron chi connectivity index (χ2n) is 13.2. The van der Waals surface area contributed by atoms with Crippen LogP contribution in [0.25, 0.3) is 99.5 Å². The molecular formula is C49H31N3. The molecular weight excluding hydrogens is 631 g/mol. The van der Waals surface area contributed by atoms with Crippen LogP contribution < -0.4 is 0 Å². The molecule has 0 fully saturated rings. The minimum atomic E-state index is 0.643. The molecule has 3 heteroatoms.